The normalized spacial score (nSPS) is 10.6. The Labute approximate surface area is 94.9 Å². The van der Waals surface area contributed by atoms with Gasteiger partial charge in [0.1, 0.15) is 6.73 Å². The van der Waals surface area contributed by atoms with E-state index in [2.05, 4.69) is 0 Å². The molecule has 0 aliphatic rings. The van der Waals surface area contributed by atoms with E-state index in [0.29, 0.717) is 13.3 Å². The molecule has 0 saturated carbocycles. The van der Waals surface area contributed by atoms with E-state index in [1.165, 1.54) is 0 Å². The van der Waals surface area contributed by atoms with E-state index < -0.39 is 0 Å². The van der Waals surface area contributed by atoms with Gasteiger partial charge in [-0.2, -0.15) is 0 Å². The highest BCUT2D eigenvalue weighted by atomic mass is 16.5. The average Bonchev–Trinajstić information content (AvgIpc) is 2.78. The fraction of sp³-hybridized carbons (Fsp3) is 0.231. The Balaban J connectivity index is 1.85. The maximum absolute atomic E-state index is 9.05. The molecule has 0 aliphatic heterocycles. The smallest absolute Gasteiger partial charge is 0.123 e. The Morgan fingerprint density at radius 1 is 1.06 bits per heavy atom. The highest BCUT2D eigenvalue weighted by molar-refractivity contribution is 5.13. The van der Waals surface area contributed by atoms with Gasteiger partial charge in [0.15, 0.2) is 0 Å². The standard InChI is InChI=1S/C13H15NO2/c15-9-13-7-4-8-14(13)11-16-10-12-5-2-1-3-6-12/h1-8,15H,9-11H2. The molecule has 0 fully saturated rings. The molecule has 0 radical (unpaired) electrons. The van der Waals surface area contributed by atoms with Gasteiger partial charge in [-0.05, 0) is 17.7 Å². The minimum Gasteiger partial charge on any atom is -0.390 e. The summed E-state index contributed by atoms with van der Waals surface area (Å²) in [5.74, 6) is 0. The molecule has 1 aromatic carbocycles. The minimum absolute atomic E-state index is 0.0434. The van der Waals surface area contributed by atoms with Crippen LogP contribution in [0.25, 0.3) is 0 Å². The highest BCUT2D eigenvalue weighted by Crippen LogP contribution is 2.05. The van der Waals surface area contributed by atoms with Crippen LogP contribution < -0.4 is 0 Å². The molecule has 0 saturated heterocycles. The summed E-state index contributed by atoms with van der Waals surface area (Å²) in [6, 6.07) is 13.8. The summed E-state index contributed by atoms with van der Waals surface area (Å²) in [5, 5.41) is 9.05. The van der Waals surface area contributed by atoms with Crippen molar-refractivity contribution in [2.75, 3.05) is 0 Å². The van der Waals surface area contributed by atoms with Gasteiger partial charge in [-0.3, -0.25) is 0 Å². The lowest BCUT2D eigenvalue weighted by atomic mass is 10.2. The van der Waals surface area contributed by atoms with Crippen molar-refractivity contribution in [1.29, 1.82) is 0 Å². The molecule has 16 heavy (non-hydrogen) atoms. The summed E-state index contributed by atoms with van der Waals surface area (Å²) in [7, 11) is 0. The summed E-state index contributed by atoms with van der Waals surface area (Å²) < 4.78 is 7.45. The molecule has 0 bridgehead atoms. The zero-order chi connectivity index (χ0) is 11.2. The Morgan fingerprint density at radius 3 is 2.62 bits per heavy atom. The maximum Gasteiger partial charge on any atom is 0.123 e. The number of hydrogen-bond donors (Lipinski definition) is 1. The fourth-order valence-corrected chi connectivity index (χ4v) is 1.56. The van der Waals surface area contributed by atoms with E-state index in [1.54, 1.807) is 0 Å². The molecule has 84 valence electrons. The number of nitrogens with zero attached hydrogens (tertiary/aromatic N) is 1. The lowest BCUT2D eigenvalue weighted by Crippen LogP contribution is -2.05. The highest BCUT2D eigenvalue weighted by Gasteiger charge is 1.98. The minimum atomic E-state index is 0.0434. The average molecular weight is 217 g/mol. The first-order chi connectivity index (χ1) is 7.90. The second-order valence-corrected chi connectivity index (χ2v) is 3.59. The Morgan fingerprint density at radius 2 is 1.88 bits per heavy atom. The van der Waals surface area contributed by atoms with E-state index in [1.807, 2.05) is 53.2 Å². The number of benzene rings is 1. The molecular weight excluding hydrogens is 202 g/mol. The molecule has 2 aromatic rings. The van der Waals surface area contributed by atoms with Crippen LogP contribution in [0.1, 0.15) is 11.3 Å². The van der Waals surface area contributed by atoms with E-state index in [0.717, 1.165) is 11.3 Å². The molecule has 2 rings (SSSR count). The molecule has 1 aromatic heterocycles. The van der Waals surface area contributed by atoms with Crippen LogP contribution in [0, 0.1) is 0 Å². The maximum atomic E-state index is 9.05. The molecule has 0 atom stereocenters. The van der Waals surface area contributed by atoms with E-state index in [9.17, 15) is 0 Å². The molecule has 1 heterocycles. The van der Waals surface area contributed by atoms with Crippen molar-refractivity contribution < 1.29 is 9.84 Å². The lowest BCUT2D eigenvalue weighted by Gasteiger charge is -2.08. The number of ether oxygens (including phenoxy) is 1. The quantitative estimate of drug-likeness (QED) is 0.832. The Bertz CT molecular complexity index is 423. The molecule has 0 spiro atoms. The van der Waals surface area contributed by atoms with E-state index in [-0.39, 0.29) is 6.61 Å². The van der Waals surface area contributed by atoms with Crippen molar-refractivity contribution >= 4 is 0 Å². The number of aliphatic hydroxyl groups is 1. The van der Waals surface area contributed by atoms with Crippen molar-refractivity contribution in [2.24, 2.45) is 0 Å². The Kier molecular flexibility index (Phi) is 3.75. The van der Waals surface area contributed by atoms with Crippen LogP contribution >= 0.6 is 0 Å². The zero-order valence-electron chi connectivity index (χ0n) is 9.04. The summed E-state index contributed by atoms with van der Waals surface area (Å²) in [6.07, 6.45) is 1.90. The molecular formula is C13H15NO2. The second kappa shape index (κ2) is 5.49. The first kappa shape index (κ1) is 10.9. The number of aromatic nitrogens is 1. The lowest BCUT2D eigenvalue weighted by molar-refractivity contribution is 0.0601. The van der Waals surface area contributed by atoms with E-state index in [4.69, 9.17) is 9.84 Å². The van der Waals surface area contributed by atoms with Crippen molar-refractivity contribution in [3.05, 3.63) is 59.9 Å². The third-order valence-corrected chi connectivity index (χ3v) is 2.43. The molecule has 0 unspecified atom stereocenters. The van der Waals surface area contributed by atoms with Gasteiger partial charge in [-0.15, -0.1) is 0 Å². The number of rotatable bonds is 5. The van der Waals surface area contributed by atoms with Crippen LogP contribution in [0.2, 0.25) is 0 Å². The first-order valence-electron chi connectivity index (χ1n) is 5.26. The van der Waals surface area contributed by atoms with Crippen LogP contribution in [0.4, 0.5) is 0 Å². The van der Waals surface area contributed by atoms with Crippen molar-refractivity contribution in [3.8, 4) is 0 Å². The van der Waals surface area contributed by atoms with Gasteiger partial charge in [-0.1, -0.05) is 30.3 Å². The summed E-state index contributed by atoms with van der Waals surface area (Å²) in [5.41, 5.74) is 2.02. The van der Waals surface area contributed by atoms with Gasteiger partial charge >= 0.3 is 0 Å². The molecule has 0 amide bonds. The van der Waals surface area contributed by atoms with Gasteiger partial charge < -0.3 is 14.4 Å². The van der Waals surface area contributed by atoms with Gasteiger partial charge in [-0.25, -0.2) is 0 Å². The van der Waals surface area contributed by atoms with Crippen molar-refractivity contribution in [1.82, 2.24) is 4.57 Å². The third kappa shape index (κ3) is 2.72. The molecule has 3 heteroatoms. The summed E-state index contributed by atoms with van der Waals surface area (Å²) in [4.78, 5) is 0. The van der Waals surface area contributed by atoms with Crippen LogP contribution in [-0.4, -0.2) is 9.67 Å². The van der Waals surface area contributed by atoms with Gasteiger partial charge in [0.05, 0.1) is 13.2 Å². The van der Waals surface area contributed by atoms with Crippen LogP contribution in [0.15, 0.2) is 48.7 Å². The zero-order valence-corrected chi connectivity index (χ0v) is 9.04. The van der Waals surface area contributed by atoms with E-state index >= 15 is 0 Å². The van der Waals surface area contributed by atoms with Crippen LogP contribution in [-0.2, 0) is 24.7 Å². The van der Waals surface area contributed by atoms with Gasteiger partial charge in [0.2, 0.25) is 0 Å². The van der Waals surface area contributed by atoms with Crippen molar-refractivity contribution in [3.63, 3.8) is 0 Å². The van der Waals surface area contributed by atoms with Crippen LogP contribution in [0.3, 0.4) is 0 Å². The second-order valence-electron chi connectivity index (χ2n) is 3.59. The fourth-order valence-electron chi connectivity index (χ4n) is 1.56. The summed E-state index contributed by atoms with van der Waals surface area (Å²) in [6.45, 7) is 1.10. The first-order valence-corrected chi connectivity index (χ1v) is 5.26. The van der Waals surface area contributed by atoms with Gasteiger partial charge in [0.25, 0.3) is 0 Å². The largest absolute Gasteiger partial charge is 0.390 e. The number of aliphatic hydroxyl groups excluding tert-OH is 1. The molecule has 1 N–H and O–H groups in total. The molecule has 0 aliphatic carbocycles. The number of hydrogen-bond acceptors (Lipinski definition) is 2. The Hall–Kier alpha value is -1.58. The predicted molar refractivity (Wildman–Crippen MR) is 61.6 cm³/mol. The molecule has 3 nitrogen and oxygen atoms in total. The predicted octanol–water partition coefficient (Wildman–Crippen LogP) is 2.15. The van der Waals surface area contributed by atoms with Crippen molar-refractivity contribution in [2.45, 2.75) is 19.9 Å². The summed E-state index contributed by atoms with van der Waals surface area (Å²) >= 11 is 0. The third-order valence-electron chi connectivity index (χ3n) is 2.43. The SMILES string of the molecule is OCc1cccn1COCc1ccccc1. The van der Waals surface area contributed by atoms with Gasteiger partial charge in [0, 0.05) is 11.9 Å². The topological polar surface area (TPSA) is 34.4 Å². The monoisotopic (exact) mass is 217 g/mol. The van der Waals surface area contributed by atoms with Crippen LogP contribution in [0.5, 0.6) is 0 Å².